The van der Waals surface area contributed by atoms with Crippen LogP contribution < -0.4 is 10.9 Å². The number of carbonyl (C=O) groups excluding carboxylic acids is 1. The highest BCUT2D eigenvalue weighted by Crippen LogP contribution is 2.18. The molecule has 0 aliphatic carbocycles. The van der Waals surface area contributed by atoms with Crippen molar-refractivity contribution in [3.8, 4) is 0 Å². The van der Waals surface area contributed by atoms with Gasteiger partial charge in [0.15, 0.2) is 5.16 Å². The van der Waals surface area contributed by atoms with E-state index in [0.717, 1.165) is 36.4 Å². The molecule has 0 atom stereocenters. The third-order valence-corrected chi connectivity index (χ3v) is 4.57. The monoisotopic (exact) mass is 353 g/mol. The summed E-state index contributed by atoms with van der Waals surface area (Å²) in [6.45, 7) is 4.09. The van der Waals surface area contributed by atoms with Crippen LogP contribution in [0.25, 0.3) is 0 Å². The standard InChI is InChI=1S/C14H19N5O2S2/c1-3-5-9-7-10(20)16-13(15-9)22-8-11(21)17-14-19-18-12(23-14)6-4-2/h7H,3-6,8H2,1-2H3,(H,15,16,20)(H,17,19,21). The molecule has 124 valence electrons. The minimum atomic E-state index is -0.197. The van der Waals surface area contributed by atoms with Crippen LogP contribution >= 0.6 is 23.1 Å². The van der Waals surface area contributed by atoms with Crippen molar-refractivity contribution < 1.29 is 4.79 Å². The number of H-pyrrole nitrogens is 1. The van der Waals surface area contributed by atoms with Crippen LogP contribution in [0.2, 0.25) is 0 Å². The van der Waals surface area contributed by atoms with Crippen LogP contribution in [0, 0.1) is 0 Å². The van der Waals surface area contributed by atoms with Gasteiger partial charge in [-0.3, -0.25) is 14.9 Å². The topological polar surface area (TPSA) is 101 Å². The Morgan fingerprint density at radius 2 is 2.09 bits per heavy atom. The Balaban J connectivity index is 1.89. The Labute approximate surface area is 142 Å². The zero-order valence-corrected chi connectivity index (χ0v) is 14.7. The number of hydrogen-bond donors (Lipinski definition) is 2. The molecule has 2 heterocycles. The van der Waals surface area contributed by atoms with Crippen LogP contribution in [-0.4, -0.2) is 31.8 Å². The molecule has 0 aromatic carbocycles. The molecule has 0 saturated carbocycles. The van der Waals surface area contributed by atoms with E-state index in [9.17, 15) is 9.59 Å². The van der Waals surface area contributed by atoms with Gasteiger partial charge in [0.05, 0.1) is 5.75 Å². The van der Waals surface area contributed by atoms with Gasteiger partial charge in [-0.15, -0.1) is 10.2 Å². The van der Waals surface area contributed by atoms with Crippen LogP contribution in [0.1, 0.15) is 37.4 Å². The van der Waals surface area contributed by atoms with Crippen molar-refractivity contribution in [1.82, 2.24) is 20.2 Å². The molecule has 2 rings (SSSR count). The molecular formula is C14H19N5O2S2. The summed E-state index contributed by atoms with van der Waals surface area (Å²) in [6, 6.07) is 1.49. The van der Waals surface area contributed by atoms with Crippen molar-refractivity contribution in [2.45, 2.75) is 44.7 Å². The van der Waals surface area contributed by atoms with Crippen LogP contribution in [-0.2, 0) is 17.6 Å². The molecule has 0 fully saturated rings. The number of amides is 1. The molecule has 0 radical (unpaired) electrons. The first-order chi connectivity index (χ1) is 11.1. The number of nitrogens with zero attached hydrogens (tertiary/aromatic N) is 3. The summed E-state index contributed by atoms with van der Waals surface area (Å²) in [7, 11) is 0. The van der Waals surface area contributed by atoms with E-state index < -0.39 is 0 Å². The van der Waals surface area contributed by atoms with Crippen LogP contribution in [0.5, 0.6) is 0 Å². The molecule has 0 bridgehead atoms. The van der Waals surface area contributed by atoms with E-state index in [4.69, 9.17) is 0 Å². The fourth-order valence-electron chi connectivity index (χ4n) is 1.84. The van der Waals surface area contributed by atoms with Gasteiger partial charge in [-0.05, 0) is 12.8 Å². The van der Waals surface area contributed by atoms with Crippen molar-refractivity contribution in [1.29, 1.82) is 0 Å². The molecule has 7 nitrogen and oxygen atoms in total. The largest absolute Gasteiger partial charge is 0.301 e. The molecule has 23 heavy (non-hydrogen) atoms. The predicted molar refractivity (Wildman–Crippen MR) is 92.1 cm³/mol. The van der Waals surface area contributed by atoms with E-state index in [2.05, 4.69) is 32.4 Å². The van der Waals surface area contributed by atoms with E-state index in [1.54, 1.807) is 0 Å². The molecular weight excluding hydrogens is 334 g/mol. The average Bonchev–Trinajstić information content (AvgIpc) is 2.92. The predicted octanol–water partition coefficient (Wildman–Crippen LogP) is 2.26. The zero-order valence-electron chi connectivity index (χ0n) is 13.1. The van der Waals surface area contributed by atoms with Gasteiger partial charge in [-0.2, -0.15) is 0 Å². The van der Waals surface area contributed by atoms with E-state index in [-0.39, 0.29) is 17.2 Å². The van der Waals surface area contributed by atoms with Gasteiger partial charge in [-0.1, -0.05) is 43.4 Å². The molecule has 0 saturated heterocycles. The maximum Gasteiger partial charge on any atom is 0.251 e. The third kappa shape index (κ3) is 5.76. The molecule has 0 aliphatic heterocycles. The Bertz CT molecular complexity index is 713. The Kier molecular flexibility index (Phi) is 6.72. The summed E-state index contributed by atoms with van der Waals surface area (Å²) in [5, 5.41) is 12.5. The maximum atomic E-state index is 11.9. The number of aromatic nitrogens is 4. The SMILES string of the molecule is CCCc1cc(=O)[nH]c(SCC(=O)Nc2nnc(CCC)s2)n1. The summed E-state index contributed by atoms with van der Waals surface area (Å²) in [6.07, 6.45) is 3.51. The van der Waals surface area contributed by atoms with Gasteiger partial charge < -0.3 is 4.98 Å². The Morgan fingerprint density at radius 3 is 2.83 bits per heavy atom. The number of nitrogens with one attached hydrogen (secondary N) is 2. The summed E-state index contributed by atoms with van der Waals surface area (Å²) >= 11 is 2.58. The van der Waals surface area contributed by atoms with E-state index in [1.165, 1.54) is 29.2 Å². The lowest BCUT2D eigenvalue weighted by Gasteiger charge is -2.03. The molecule has 0 unspecified atom stereocenters. The number of aromatic amines is 1. The fraction of sp³-hybridized carbons (Fsp3) is 0.500. The summed E-state index contributed by atoms with van der Waals surface area (Å²) in [5.74, 6) is -0.0426. The van der Waals surface area contributed by atoms with E-state index in [0.29, 0.717) is 10.3 Å². The quantitative estimate of drug-likeness (QED) is 0.558. The number of anilines is 1. The third-order valence-electron chi connectivity index (χ3n) is 2.80. The van der Waals surface area contributed by atoms with Gasteiger partial charge in [0.1, 0.15) is 5.01 Å². The van der Waals surface area contributed by atoms with Crippen molar-refractivity contribution in [3.05, 3.63) is 27.1 Å². The van der Waals surface area contributed by atoms with Crippen LogP contribution in [0.4, 0.5) is 5.13 Å². The highest BCUT2D eigenvalue weighted by Gasteiger charge is 2.10. The molecule has 9 heteroatoms. The average molecular weight is 353 g/mol. The number of carbonyl (C=O) groups is 1. The van der Waals surface area contributed by atoms with Gasteiger partial charge in [-0.25, -0.2) is 4.98 Å². The second-order valence-electron chi connectivity index (χ2n) is 4.88. The normalized spacial score (nSPS) is 10.7. The molecule has 2 N–H and O–H groups in total. The molecule has 2 aromatic heterocycles. The van der Waals surface area contributed by atoms with E-state index in [1.807, 2.05) is 6.92 Å². The molecule has 0 aliphatic rings. The number of rotatable bonds is 8. The van der Waals surface area contributed by atoms with Crippen molar-refractivity contribution in [2.24, 2.45) is 0 Å². The second kappa shape index (κ2) is 8.78. The molecule has 2 aromatic rings. The highest BCUT2D eigenvalue weighted by molar-refractivity contribution is 7.99. The number of thioether (sulfide) groups is 1. The lowest BCUT2D eigenvalue weighted by Crippen LogP contribution is -2.15. The molecule has 1 amide bonds. The second-order valence-corrected chi connectivity index (χ2v) is 6.91. The van der Waals surface area contributed by atoms with E-state index >= 15 is 0 Å². The lowest BCUT2D eigenvalue weighted by molar-refractivity contribution is -0.113. The Morgan fingerprint density at radius 1 is 1.30 bits per heavy atom. The van der Waals surface area contributed by atoms with Crippen molar-refractivity contribution in [2.75, 3.05) is 11.1 Å². The maximum absolute atomic E-state index is 11.9. The van der Waals surface area contributed by atoms with Gasteiger partial charge in [0.25, 0.3) is 5.56 Å². The number of aryl methyl sites for hydroxylation is 2. The molecule has 0 spiro atoms. The van der Waals surface area contributed by atoms with Crippen molar-refractivity contribution >= 4 is 34.1 Å². The fourth-order valence-corrected chi connectivity index (χ4v) is 3.40. The van der Waals surface area contributed by atoms with Crippen LogP contribution in [0.3, 0.4) is 0 Å². The first-order valence-corrected chi connectivity index (χ1v) is 9.26. The first-order valence-electron chi connectivity index (χ1n) is 7.46. The van der Waals surface area contributed by atoms with Crippen LogP contribution in [0.15, 0.2) is 16.0 Å². The van der Waals surface area contributed by atoms with Gasteiger partial charge >= 0.3 is 0 Å². The Hall–Kier alpha value is -1.74. The van der Waals surface area contributed by atoms with Crippen molar-refractivity contribution in [3.63, 3.8) is 0 Å². The summed E-state index contributed by atoms with van der Waals surface area (Å²) in [4.78, 5) is 30.5. The van der Waals surface area contributed by atoms with Gasteiger partial charge in [0, 0.05) is 18.2 Å². The summed E-state index contributed by atoms with van der Waals surface area (Å²) < 4.78 is 0. The highest BCUT2D eigenvalue weighted by atomic mass is 32.2. The van der Waals surface area contributed by atoms with Gasteiger partial charge in [0.2, 0.25) is 11.0 Å². The zero-order chi connectivity index (χ0) is 16.7. The smallest absolute Gasteiger partial charge is 0.251 e. The minimum absolute atomic E-state index is 0.154. The lowest BCUT2D eigenvalue weighted by atomic mass is 10.2. The summed E-state index contributed by atoms with van der Waals surface area (Å²) in [5.41, 5.74) is 0.548. The minimum Gasteiger partial charge on any atom is -0.301 e. The first kappa shape index (κ1) is 17.6. The number of hydrogen-bond acceptors (Lipinski definition) is 7.